The third-order valence-electron chi connectivity index (χ3n) is 2.18. The van der Waals surface area contributed by atoms with E-state index in [0.717, 1.165) is 0 Å². The highest BCUT2D eigenvalue weighted by Crippen LogP contribution is 2.18. The number of hydrogen-bond donors (Lipinski definition) is 4. The SMILES string of the molecule is CC(C)NCC(O)c1ccc(O)c(CO)n1.Cl.Cl. The van der Waals surface area contributed by atoms with Crippen molar-refractivity contribution in [2.75, 3.05) is 6.54 Å². The fraction of sp³-hybridized carbons (Fsp3) is 0.545. The molecule has 1 heterocycles. The van der Waals surface area contributed by atoms with Crippen LogP contribution >= 0.6 is 24.8 Å². The summed E-state index contributed by atoms with van der Waals surface area (Å²) in [5.41, 5.74) is 0.621. The minimum Gasteiger partial charge on any atom is -0.506 e. The Balaban J connectivity index is 0. The average molecular weight is 299 g/mol. The molecule has 0 aliphatic rings. The summed E-state index contributed by atoms with van der Waals surface area (Å²) in [5, 5.41) is 31.1. The fourth-order valence-electron chi connectivity index (χ4n) is 1.26. The van der Waals surface area contributed by atoms with Gasteiger partial charge in [0.2, 0.25) is 0 Å². The molecule has 1 atom stereocenters. The van der Waals surface area contributed by atoms with E-state index in [0.29, 0.717) is 12.2 Å². The molecule has 106 valence electrons. The number of aliphatic hydroxyl groups is 2. The van der Waals surface area contributed by atoms with Crippen molar-refractivity contribution < 1.29 is 15.3 Å². The molecule has 0 aliphatic carbocycles. The molecule has 1 aromatic rings. The minimum absolute atomic E-state index is 0. The Labute approximate surface area is 119 Å². The number of nitrogens with one attached hydrogen (secondary N) is 1. The van der Waals surface area contributed by atoms with Gasteiger partial charge in [0.05, 0.1) is 12.3 Å². The Hall–Kier alpha value is -0.590. The molecule has 1 aromatic heterocycles. The highest BCUT2D eigenvalue weighted by Gasteiger charge is 2.11. The van der Waals surface area contributed by atoms with Crippen LogP contribution in [0.25, 0.3) is 0 Å². The molecule has 0 fully saturated rings. The van der Waals surface area contributed by atoms with Crippen molar-refractivity contribution in [3.8, 4) is 5.75 Å². The molecule has 0 amide bonds. The highest BCUT2D eigenvalue weighted by atomic mass is 35.5. The van der Waals surface area contributed by atoms with Gasteiger partial charge >= 0.3 is 0 Å². The van der Waals surface area contributed by atoms with Crippen molar-refractivity contribution in [1.29, 1.82) is 0 Å². The van der Waals surface area contributed by atoms with E-state index in [1.54, 1.807) is 6.07 Å². The Morgan fingerprint density at radius 3 is 2.39 bits per heavy atom. The van der Waals surface area contributed by atoms with E-state index in [2.05, 4.69) is 10.3 Å². The van der Waals surface area contributed by atoms with Crippen LogP contribution in [0.3, 0.4) is 0 Å². The number of hydrogen-bond acceptors (Lipinski definition) is 5. The van der Waals surface area contributed by atoms with Crippen LogP contribution in [0.5, 0.6) is 5.75 Å². The largest absolute Gasteiger partial charge is 0.506 e. The Morgan fingerprint density at radius 2 is 1.89 bits per heavy atom. The molecule has 0 bridgehead atoms. The monoisotopic (exact) mass is 298 g/mol. The van der Waals surface area contributed by atoms with Crippen LogP contribution in [0.1, 0.15) is 31.3 Å². The molecule has 0 spiro atoms. The normalized spacial score (nSPS) is 11.6. The van der Waals surface area contributed by atoms with E-state index >= 15 is 0 Å². The molecule has 1 unspecified atom stereocenters. The Morgan fingerprint density at radius 1 is 1.28 bits per heavy atom. The zero-order chi connectivity index (χ0) is 12.1. The Bertz CT molecular complexity index is 351. The predicted octanol–water partition coefficient (Wildman–Crippen LogP) is 1.15. The van der Waals surface area contributed by atoms with E-state index in [1.165, 1.54) is 6.07 Å². The van der Waals surface area contributed by atoms with Crippen molar-refractivity contribution in [2.45, 2.75) is 32.6 Å². The summed E-state index contributed by atoms with van der Waals surface area (Å²) in [7, 11) is 0. The van der Waals surface area contributed by atoms with Gasteiger partial charge in [0.25, 0.3) is 0 Å². The van der Waals surface area contributed by atoms with E-state index in [4.69, 9.17) is 5.11 Å². The molecular formula is C11H20Cl2N2O3. The van der Waals surface area contributed by atoms with E-state index < -0.39 is 6.10 Å². The summed E-state index contributed by atoms with van der Waals surface area (Å²) in [6.45, 7) is 4.01. The zero-order valence-electron chi connectivity index (χ0n) is 10.3. The first-order valence-electron chi connectivity index (χ1n) is 5.25. The number of pyridine rings is 1. The first-order valence-corrected chi connectivity index (χ1v) is 5.25. The quantitative estimate of drug-likeness (QED) is 0.655. The van der Waals surface area contributed by atoms with Crippen molar-refractivity contribution in [3.05, 3.63) is 23.5 Å². The van der Waals surface area contributed by atoms with Crippen LogP contribution in [-0.2, 0) is 6.61 Å². The summed E-state index contributed by atoms with van der Waals surface area (Å²) in [5.74, 6) is -0.0599. The minimum atomic E-state index is -0.742. The van der Waals surface area contributed by atoms with Gasteiger partial charge in [0.1, 0.15) is 17.5 Å². The Kier molecular flexibility index (Phi) is 10.3. The molecule has 0 saturated carbocycles. The van der Waals surface area contributed by atoms with Crippen molar-refractivity contribution in [1.82, 2.24) is 10.3 Å². The summed E-state index contributed by atoms with van der Waals surface area (Å²) in [6.07, 6.45) is -0.742. The maximum absolute atomic E-state index is 9.79. The second-order valence-electron chi connectivity index (χ2n) is 3.94. The summed E-state index contributed by atoms with van der Waals surface area (Å²) >= 11 is 0. The topological polar surface area (TPSA) is 85.6 Å². The van der Waals surface area contributed by atoms with Gasteiger partial charge in [0, 0.05) is 12.6 Å². The van der Waals surface area contributed by atoms with Crippen molar-refractivity contribution in [2.24, 2.45) is 0 Å². The number of halogens is 2. The van der Waals surface area contributed by atoms with E-state index in [1.807, 2.05) is 13.8 Å². The predicted molar refractivity (Wildman–Crippen MR) is 74.4 cm³/mol. The van der Waals surface area contributed by atoms with Crippen molar-refractivity contribution in [3.63, 3.8) is 0 Å². The molecule has 7 heteroatoms. The zero-order valence-corrected chi connectivity index (χ0v) is 12.0. The first-order chi connectivity index (χ1) is 7.54. The molecule has 5 nitrogen and oxygen atoms in total. The lowest BCUT2D eigenvalue weighted by Crippen LogP contribution is -2.28. The molecule has 0 radical (unpaired) electrons. The van der Waals surface area contributed by atoms with Gasteiger partial charge in [0.15, 0.2) is 0 Å². The molecule has 0 aromatic carbocycles. The fourth-order valence-corrected chi connectivity index (χ4v) is 1.26. The lowest BCUT2D eigenvalue weighted by Gasteiger charge is -2.14. The van der Waals surface area contributed by atoms with Gasteiger partial charge in [-0.05, 0) is 12.1 Å². The van der Waals surface area contributed by atoms with Crippen molar-refractivity contribution >= 4 is 24.8 Å². The van der Waals surface area contributed by atoms with E-state index in [9.17, 15) is 10.2 Å². The number of rotatable bonds is 5. The molecule has 1 rings (SSSR count). The van der Waals surface area contributed by atoms with Crippen LogP contribution in [0.15, 0.2) is 12.1 Å². The molecule has 18 heavy (non-hydrogen) atoms. The van der Waals surface area contributed by atoms with Gasteiger partial charge in [-0.3, -0.25) is 0 Å². The number of aromatic nitrogens is 1. The molecule has 0 aliphatic heterocycles. The molecule has 4 N–H and O–H groups in total. The second kappa shape index (κ2) is 9.35. The van der Waals surface area contributed by atoms with Gasteiger partial charge in [-0.2, -0.15) is 0 Å². The maximum atomic E-state index is 9.79. The van der Waals surface area contributed by atoms with Crippen LogP contribution in [0.2, 0.25) is 0 Å². The molecular weight excluding hydrogens is 279 g/mol. The summed E-state index contributed by atoms with van der Waals surface area (Å²) in [4.78, 5) is 3.98. The third-order valence-corrected chi connectivity index (χ3v) is 2.18. The second-order valence-corrected chi connectivity index (χ2v) is 3.94. The standard InChI is InChI=1S/C11H18N2O3.2ClH/c1-7(2)12-5-11(16)8-3-4-10(15)9(6-14)13-8;;/h3-4,7,11-12,14-16H,5-6H2,1-2H3;2*1H. The lowest BCUT2D eigenvalue weighted by molar-refractivity contribution is 0.165. The van der Waals surface area contributed by atoms with Crippen LogP contribution < -0.4 is 5.32 Å². The smallest absolute Gasteiger partial charge is 0.139 e. The van der Waals surface area contributed by atoms with Gasteiger partial charge in [-0.25, -0.2) is 4.98 Å². The maximum Gasteiger partial charge on any atom is 0.139 e. The third kappa shape index (κ3) is 5.84. The van der Waals surface area contributed by atoms with Gasteiger partial charge in [-0.15, -0.1) is 24.8 Å². The summed E-state index contributed by atoms with van der Waals surface area (Å²) < 4.78 is 0. The number of aromatic hydroxyl groups is 1. The van der Waals surface area contributed by atoms with Gasteiger partial charge < -0.3 is 20.6 Å². The first kappa shape index (κ1) is 19.7. The van der Waals surface area contributed by atoms with Crippen LogP contribution in [0, 0.1) is 0 Å². The van der Waals surface area contributed by atoms with Crippen LogP contribution in [-0.4, -0.2) is 32.9 Å². The average Bonchev–Trinajstić information content (AvgIpc) is 2.26. The molecule has 0 saturated heterocycles. The van der Waals surface area contributed by atoms with E-state index in [-0.39, 0.29) is 48.9 Å². The van der Waals surface area contributed by atoms with Crippen LogP contribution in [0.4, 0.5) is 0 Å². The highest BCUT2D eigenvalue weighted by molar-refractivity contribution is 5.85. The van der Waals surface area contributed by atoms with Gasteiger partial charge in [-0.1, -0.05) is 13.8 Å². The number of nitrogens with zero attached hydrogens (tertiary/aromatic N) is 1. The summed E-state index contributed by atoms with van der Waals surface area (Å²) in [6, 6.07) is 3.25. The number of aliphatic hydroxyl groups excluding tert-OH is 2. The lowest BCUT2D eigenvalue weighted by atomic mass is 10.2.